The van der Waals surface area contributed by atoms with Crippen molar-refractivity contribution >= 4 is 28.9 Å². The quantitative estimate of drug-likeness (QED) is 0.259. The molecule has 2 aliphatic heterocycles. The largest absolute Gasteiger partial charge is 0.493 e. The minimum Gasteiger partial charge on any atom is -0.493 e. The van der Waals surface area contributed by atoms with Crippen molar-refractivity contribution in [2.45, 2.75) is 31.7 Å². The number of likely N-dealkylation sites (tertiary alicyclic amines) is 1. The Hall–Kier alpha value is -4.23. The first kappa shape index (κ1) is 28.3. The van der Waals surface area contributed by atoms with Crippen LogP contribution in [0.4, 0.5) is 26.0 Å². The van der Waals surface area contributed by atoms with E-state index in [1.54, 1.807) is 17.0 Å². The van der Waals surface area contributed by atoms with Gasteiger partial charge >= 0.3 is 0 Å². The highest BCUT2D eigenvalue weighted by Gasteiger charge is 2.28. The first-order chi connectivity index (χ1) is 19.8. The molecular formula is C28H33F2N7O4. The summed E-state index contributed by atoms with van der Waals surface area (Å²) in [4.78, 5) is 19.9. The summed E-state index contributed by atoms with van der Waals surface area (Å²) in [6.45, 7) is 2.57. The van der Waals surface area contributed by atoms with Gasteiger partial charge in [0, 0.05) is 42.0 Å². The van der Waals surface area contributed by atoms with Gasteiger partial charge in [-0.05, 0) is 44.0 Å². The number of amidine groups is 1. The number of halogens is 2. The van der Waals surface area contributed by atoms with Crippen LogP contribution in [0.25, 0.3) is 0 Å². The predicted molar refractivity (Wildman–Crippen MR) is 150 cm³/mol. The fraction of sp³-hybridized carbons (Fsp3) is 0.393. The molecule has 1 amide bonds. The molecule has 2 aromatic carbocycles. The van der Waals surface area contributed by atoms with Crippen molar-refractivity contribution in [3.05, 3.63) is 59.3 Å². The van der Waals surface area contributed by atoms with Crippen LogP contribution < -0.4 is 25.4 Å². The number of nitrogens with one attached hydrogen (secondary N) is 2. The van der Waals surface area contributed by atoms with Gasteiger partial charge in [-0.2, -0.15) is 5.10 Å². The monoisotopic (exact) mass is 569 g/mol. The van der Waals surface area contributed by atoms with Crippen molar-refractivity contribution in [3.8, 4) is 11.5 Å². The summed E-state index contributed by atoms with van der Waals surface area (Å²) in [5, 5.41) is 19.7. The molecule has 5 rings (SSSR count). The number of aliphatic hydroxyl groups is 1. The van der Waals surface area contributed by atoms with E-state index in [2.05, 4.69) is 25.4 Å². The lowest BCUT2D eigenvalue weighted by Gasteiger charge is -2.33. The van der Waals surface area contributed by atoms with E-state index in [0.29, 0.717) is 40.9 Å². The molecule has 0 saturated carbocycles. The number of H-pyrrole nitrogens is 1. The summed E-state index contributed by atoms with van der Waals surface area (Å²) in [6, 6.07) is 8.58. The molecule has 41 heavy (non-hydrogen) atoms. The van der Waals surface area contributed by atoms with Gasteiger partial charge in [0.05, 0.1) is 44.8 Å². The molecule has 0 unspecified atom stereocenters. The number of hydrogen-bond acceptors (Lipinski definition) is 8. The van der Waals surface area contributed by atoms with Crippen LogP contribution in [0.1, 0.15) is 30.5 Å². The summed E-state index contributed by atoms with van der Waals surface area (Å²) < 4.78 is 40.1. The van der Waals surface area contributed by atoms with Crippen molar-refractivity contribution < 1.29 is 28.2 Å². The Balaban J connectivity index is 1.43. The maximum atomic E-state index is 14.2. The van der Waals surface area contributed by atoms with Crippen LogP contribution in [-0.2, 0) is 11.2 Å². The Morgan fingerprint density at radius 2 is 2.00 bits per heavy atom. The number of ether oxygens (including phenoxy) is 2. The average molecular weight is 570 g/mol. The predicted octanol–water partition coefficient (Wildman–Crippen LogP) is 2.92. The molecule has 1 fully saturated rings. The molecule has 2 aliphatic rings. The molecule has 5 N–H and O–H groups in total. The molecule has 3 heterocycles. The zero-order chi connectivity index (χ0) is 28.9. The van der Waals surface area contributed by atoms with Crippen molar-refractivity contribution in [2.75, 3.05) is 50.3 Å². The maximum Gasteiger partial charge on any atom is 0.223 e. The Labute approximate surface area is 235 Å². The third-order valence-corrected chi connectivity index (χ3v) is 7.15. The highest BCUT2D eigenvalue weighted by Crippen LogP contribution is 2.38. The standard InChI is InChI=1S/C28H33F2N7O4/c1-40-24-13-22-23(14-25(24)41-7-3-6-36-5-2-4-20(36)15-38)32-16-37(21-9-17(29)8-18(30)10-21)28(22)33-27-12-19(34-35-27)11-26(31)39/h8-10,12-14,20,32,38H,2-7,11,15-16H2,1H3,(H2,31,39)(H,34,35)/t20-/m0/s1. The van der Waals surface area contributed by atoms with Crippen LogP contribution in [-0.4, -0.2) is 78.1 Å². The number of aromatic nitrogens is 2. The molecule has 1 atom stereocenters. The smallest absolute Gasteiger partial charge is 0.223 e. The molecule has 0 aliphatic carbocycles. The Morgan fingerprint density at radius 3 is 2.73 bits per heavy atom. The van der Waals surface area contributed by atoms with Crippen molar-refractivity contribution in [1.82, 2.24) is 15.1 Å². The van der Waals surface area contributed by atoms with Gasteiger partial charge in [0.15, 0.2) is 17.3 Å². The Morgan fingerprint density at radius 1 is 1.20 bits per heavy atom. The molecule has 3 aromatic rings. The number of carbonyl (C=O) groups excluding carboxylic acids is 1. The molecule has 1 aromatic heterocycles. The normalized spacial score (nSPS) is 17.9. The topological polar surface area (TPSA) is 141 Å². The fourth-order valence-corrected chi connectivity index (χ4v) is 5.22. The first-order valence-corrected chi connectivity index (χ1v) is 13.4. The van der Waals surface area contributed by atoms with E-state index < -0.39 is 17.5 Å². The van der Waals surface area contributed by atoms with Crippen LogP contribution in [0.2, 0.25) is 0 Å². The van der Waals surface area contributed by atoms with Crippen LogP contribution in [0.5, 0.6) is 11.5 Å². The third-order valence-electron chi connectivity index (χ3n) is 7.15. The Bertz CT molecular complexity index is 1410. The van der Waals surface area contributed by atoms with Crippen LogP contribution in [0.15, 0.2) is 41.4 Å². The number of benzene rings is 2. The molecule has 0 spiro atoms. The highest BCUT2D eigenvalue weighted by atomic mass is 19.1. The van der Waals surface area contributed by atoms with Crippen molar-refractivity contribution in [1.29, 1.82) is 0 Å². The number of aromatic amines is 1. The molecular weight excluding hydrogens is 536 g/mol. The number of anilines is 2. The molecule has 13 heteroatoms. The number of primary amides is 1. The minimum atomic E-state index is -0.728. The SMILES string of the molecule is COc1cc2c(cc1OCCCN1CCC[C@H]1CO)NCN(c1cc(F)cc(F)c1)C2=Nc1cc(CC(N)=O)[nH]n1. The molecule has 0 bridgehead atoms. The first-order valence-electron chi connectivity index (χ1n) is 13.4. The van der Waals surface area contributed by atoms with E-state index in [0.717, 1.165) is 38.4 Å². The zero-order valence-corrected chi connectivity index (χ0v) is 22.7. The molecule has 218 valence electrons. The summed E-state index contributed by atoms with van der Waals surface area (Å²) in [7, 11) is 1.53. The average Bonchev–Trinajstić information content (AvgIpc) is 3.58. The number of methoxy groups -OCH3 is 1. The number of hydrogen-bond donors (Lipinski definition) is 4. The van der Waals surface area contributed by atoms with Gasteiger partial charge in [-0.3, -0.25) is 14.8 Å². The van der Waals surface area contributed by atoms with E-state index in [-0.39, 0.29) is 37.2 Å². The maximum absolute atomic E-state index is 14.2. The van der Waals surface area contributed by atoms with Crippen molar-refractivity contribution in [3.63, 3.8) is 0 Å². The number of nitrogens with zero attached hydrogens (tertiary/aromatic N) is 4. The van der Waals surface area contributed by atoms with Crippen LogP contribution >= 0.6 is 0 Å². The third kappa shape index (κ3) is 6.57. The van der Waals surface area contributed by atoms with Gasteiger partial charge in [0.25, 0.3) is 0 Å². The second-order valence-corrected chi connectivity index (χ2v) is 9.99. The second-order valence-electron chi connectivity index (χ2n) is 9.99. The van der Waals surface area contributed by atoms with Gasteiger partial charge in [0.2, 0.25) is 5.91 Å². The fourth-order valence-electron chi connectivity index (χ4n) is 5.22. The summed E-state index contributed by atoms with van der Waals surface area (Å²) >= 11 is 0. The van der Waals surface area contributed by atoms with E-state index >= 15 is 0 Å². The molecule has 0 radical (unpaired) electrons. The van der Waals surface area contributed by atoms with E-state index in [1.807, 2.05) is 6.07 Å². The highest BCUT2D eigenvalue weighted by molar-refractivity contribution is 6.16. The number of fused-ring (bicyclic) bond motifs is 1. The summed E-state index contributed by atoms with van der Waals surface area (Å²) in [6.07, 6.45) is 2.84. The van der Waals surface area contributed by atoms with Gasteiger partial charge < -0.3 is 30.5 Å². The number of aliphatic hydroxyl groups excluding tert-OH is 1. The van der Waals surface area contributed by atoms with E-state index in [4.69, 9.17) is 15.2 Å². The van der Waals surface area contributed by atoms with Gasteiger partial charge in [-0.1, -0.05) is 0 Å². The number of nitrogens with two attached hydrogens (primary N) is 1. The second kappa shape index (κ2) is 12.5. The lowest BCUT2D eigenvalue weighted by atomic mass is 10.1. The number of rotatable bonds is 11. The van der Waals surface area contributed by atoms with Gasteiger partial charge in [0.1, 0.15) is 17.5 Å². The number of amides is 1. The summed E-state index contributed by atoms with van der Waals surface area (Å²) in [5.41, 5.74) is 7.29. The lowest BCUT2D eigenvalue weighted by molar-refractivity contribution is -0.117. The van der Waals surface area contributed by atoms with E-state index in [9.17, 15) is 18.7 Å². The van der Waals surface area contributed by atoms with Crippen LogP contribution in [0, 0.1) is 11.6 Å². The number of carbonyl (C=O) groups is 1. The molecule has 1 saturated heterocycles. The number of aliphatic imine (C=N–C) groups is 1. The molecule has 11 nitrogen and oxygen atoms in total. The lowest BCUT2D eigenvalue weighted by Crippen LogP contribution is -2.40. The minimum absolute atomic E-state index is 0.0399. The summed E-state index contributed by atoms with van der Waals surface area (Å²) in [5.74, 6) is -0.377. The van der Waals surface area contributed by atoms with Crippen LogP contribution in [0.3, 0.4) is 0 Å². The Kier molecular flexibility index (Phi) is 8.64. The zero-order valence-electron chi connectivity index (χ0n) is 22.7. The van der Waals surface area contributed by atoms with Gasteiger partial charge in [-0.25, -0.2) is 13.8 Å². The van der Waals surface area contributed by atoms with E-state index in [1.165, 1.54) is 19.2 Å². The van der Waals surface area contributed by atoms with Gasteiger partial charge in [-0.15, -0.1) is 0 Å². The van der Waals surface area contributed by atoms with Crippen molar-refractivity contribution in [2.24, 2.45) is 10.7 Å².